The van der Waals surface area contributed by atoms with Crippen LogP contribution in [-0.4, -0.2) is 48.4 Å². The molecule has 5 nitrogen and oxygen atoms in total. The van der Waals surface area contributed by atoms with Crippen LogP contribution in [0, 0.1) is 0 Å². The van der Waals surface area contributed by atoms with Crippen LogP contribution in [0.3, 0.4) is 0 Å². The average molecular weight is 401 g/mol. The van der Waals surface area contributed by atoms with E-state index in [2.05, 4.69) is 5.32 Å². The summed E-state index contributed by atoms with van der Waals surface area (Å²) in [4.78, 5) is 26.8. The molecule has 2 saturated heterocycles. The van der Waals surface area contributed by atoms with Crippen molar-refractivity contribution in [2.45, 2.75) is 31.3 Å². The number of hydrogen-bond acceptors (Lipinski definition) is 4. The highest BCUT2D eigenvalue weighted by Crippen LogP contribution is 2.21. The van der Waals surface area contributed by atoms with Gasteiger partial charge in [0.15, 0.2) is 12.4 Å². The summed E-state index contributed by atoms with van der Waals surface area (Å²) in [6, 6.07) is 17.1. The molecule has 1 amide bonds. The molecule has 148 valence electrons. The Labute approximate surface area is 171 Å². The van der Waals surface area contributed by atoms with E-state index in [1.54, 1.807) is 36.4 Å². The highest BCUT2D eigenvalue weighted by atomic mass is 35.5. The molecule has 2 aromatic rings. The van der Waals surface area contributed by atoms with Crippen molar-refractivity contribution in [2.24, 2.45) is 0 Å². The van der Waals surface area contributed by atoms with Gasteiger partial charge in [0.1, 0.15) is 5.75 Å². The van der Waals surface area contributed by atoms with E-state index in [0.29, 0.717) is 29.0 Å². The first-order chi connectivity index (χ1) is 13.2. The molecule has 4 rings (SSSR count). The van der Waals surface area contributed by atoms with Gasteiger partial charge in [0.25, 0.3) is 5.91 Å². The topological polar surface area (TPSA) is 58.6 Å². The van der Waals surface area contributed by atoms with Crippen molar-refractivity contribution in [1.82, 2.24) is 10.2 Å². The first-order valence-corrected chi connectivity index (χ1v) is 9.55. The zero-order chi connectivity index (χ0) is 18.6. The number of ether oxygens (including phenoxy) is 1. The highest BCUT2D eigenvalue weighted by Gasteiger charge is 2.31. The van der Waals surface area contributed by atoms with E-state index in [9.17, 15) is 9.59 Å². The van der Waals surface area contributed by atoms with Crippen molar-refractivity contribution in [3.8, 4) is 5.75 Å². The number of rotatable bonds is 5. The fourth-order valence-electron chi connectivity index (χ4n) is 3.86. The molecular weight excluding hydrogens is 376 g/mol. The van der Waals surface area contributed by atoms with Gasteiger partial charge in [-0.2, -0.15) is 0 Å². The van der Waals surface area contributed by atoms with Crippen LogP contribution in [0.5, 0.6) is 5.75 Å². The molecule has 6 heteroatoms. The van der Waals surface area contributed by atoms with Gasteiger partial charge < -0.3 is 15.0 Å². The maximum Gasteiger partial charge on any atom is 0.260 e. The fourth-order valence-corrected chi connectivity index (χ4v) is 3.86. The summed E-state index contributed by atoms with van der Waals surface area (Å²) in [5, 5.41) is 3.58. The molecule has 2 bridgehead atoms. The number of likely N-dealkylation sites (tertiary alicyclic amines) is 1. The van der Waals surface area contributed by atoms with E-state index in [0.717, 1.165) is 25.9 Å². The first-order valence-electron chi connectivity index (χ1n) is 9.55. The van der Waals surface area contributed by atoms with Gasteiger partial charge in [0.05, 0.1) is 0 Å². The Morgan fingerprint density at radius 2 is 1.61 bits per heavy atom. The predicted molar refractivity (Wildman–Crippen MR) is 110 cm³/mol. The predicted octanol–water partition coefficient (Wildman–Crippen LogP) is 3.07. The van der Waals surface area contributed by atoms with E-state index < -0.39 is 0 Å². The molecule has 2 aromatic carbocycles. The Morgan fingerprint density at radius 1 is 0.929 bits per heavy atom. The van der Waals surface area contributed by atoms with Crippen molar-refractivity contribution < 1.29 is 14.3 Å². The summed E-state index contributed by atoms with van der Waals surface area (Å²) in [5.74, 6) is 0.599. The Bertz CT molecular complexity index is 810. The molecule has 2 aliphatic rings. The lowest BCUT2D eigenvalue weighted by molar-refractivity contribution is -0.133. The van der Waals surface area contributed by atoms with Gasteiger partial charge in [-0.3, -0.25) is 9.59 Å². The van der Waals surface area contributed by atoms with Gasteiger partial charge in [-0.15, -0.1) is 12.4 Å². The maximum absolute atomic E-state index is 12.5. The van der Waals surface area contributed by atoms with E-state index >= 15 is 0 Å². The molecule has 1 N–H and O–H groups in total. The molecule has 2 fully saturated rings. The lowest BCUT2D eigenvalue weighted by atomic mass is 10.0. The third-order valence-corrected chi connectivity index (χ3v) is 5.39. The Morgan fingerprint density at radius 3 is 2.36 bits per heavy atom. The Kier molecular flexibility index (Phi) is 6.70. The van der Waals surface area contributed by atoms with Crippen LogP contribution in [0.25, 0.3) is 0 Å². The molecule has 2 unspecified atom stereocenters. The lowest BCUT2D eigenvalue weighted by Gasteiger charge is -2.24. The minimum absolute atomic E-state index is 0. The second kappa shape index (κ2) is 9.22. The molecule has 0 saturated carbocycles. The van der Waals surface area contributed by atoms with E-state index in [1.807, 2.05) is 23.1 Å². The summed E-state index contributed by atoms with van der Waals surface area (Å²) in [7, 11) is 0. The number of benzene rings is 2. The maximum atomic E-state index is 12.5. The summed E-state index contributed by atoms with van der Waals surface area (Å²) >= 11 is 0. The van der Waals surface area contributed by atoms with Crippen LogP contribution < -0.4 is 10.1 Å². The van der Waals surface area contributed by atoms with E-state index in [1.165, 1.54) is 6.42 Å². The van der Waals surface area contributed by atoms with Gasteiger partial charge >= 0.3 is 0 Å². The van der Waals surface area contributed by atoms with Crippen molar-refractivity contribution in [2.75, 3.05) is 19.7 Å². The summed E-state index contributed by atoms with van der Waals surface area (Å²) in [6.07, 6.45) is 3.38. The second-order valence-electron chi connectivity index (χ2n) is 7.27. The molecule has 2 heterocycles. The van der Waals surface area contributed by atoms with Crippen molar-refractivity contribution in [1.29, 1.82) is 0 Å². The van der Waals surface area contributed by atoms with Gasteiger partial charge in [-0.1, -0.05) is 30.3 Å². The van der Waals surface area contributed by atoms with Gasteiger partial charge in [0, 0.05) is 36.3 Å². The van der Waals surface area contributed by atoms with E-state index in [4.69, 9.17) is 4.74 Å². The number of hydrogen-bond donors (Lipinski definition) is 1. The summed E-state index contributed by atoms with van der Waals surface area (Å²) in [6.45, 7) is 1.59. The van der Waals surface area contributed by atoms with Crippen LogP contribution in [0.2, 0.25) is 0 Å². The van der Waals surface area contributed by atoms with Crippen molar-refractivity contribution in [3.63, 3.8) is 0 Å². The van der Waals surface area contributed by atoms with Gasteiger partial charge in [0.2, 0.25) is 0 Å². The van der Waals surface area contributed by atoms with Crippen LogP contribution in [0.4, 0.5) is 0 Å². The monoisotopic (exact) mass is 400 g/mol. The number of amides is 1. The average Bonchev–Trinajstić information content (AvgIpc) is 3.05. The number of ketones is 1. The number of nitrogens with one attached hydrogen (secondary N) is 1. The third-order valence-electron chi connectivity index (χ3n) is 5.39. The molecular formula is C22H25ClN2O3. The number of carbonyl (C=O) groups is 2. The molecule has 0 aromatic heterocycles. The largest absolute Gasteiger partial charge is 0.484 e. The van der Waals surface area contributed by atoms with E-state index in [-0.39, 0.29) is 30.7 Å². The minimum Gasteiger partial charge on any atom is -0.484 e. The summed E-state index contributed by atoms with van der Waals surface area (Å²) in [5.41, 5.74) is 1.26. The zero-order valence-electron chi connectivity index (χ0n) is 15.7. The van der Waals surface area contributed by atoms with Crippen LogP contribution in [0.1, 0.15) is 35.2 Å². The first kappa shape index (κ1) is 20.4. The zero-order valence-corrected chi connectivity index (χ0v) is 16.5. The SMILES string of the molecule is Cl.O=C(c1ccccc1)c1ccc(OCC(=O)N2CCC3CCC(C2)N3)cc1. The number of carbonyl (C=O) groups excluding carboxylic acids is 2. The quantitative estimate of drug-likeness (QED) is 0.783. The Balaban J connectivity index is 0.00000225. The Hall–Kier alpha value is -2.37. The van der Waals surface area contributed by atoms with Crippen LogP contribution in [-0.2, 0) is 4.79 Å². The molecule has 28 heavy (non-hydrogen) atoms. The fraction of sp³-hybridized carbons (Fsp3) is 0.364. The molecule has 2 atom stereocenters. The standard InChI is InChI=1S/C22H24N2O3.ClH/c25-21(24-13-12-18-8-9-19(14-24)23-18)15-27-20-10-6-17(7-11-20)22(26)16-4-2-1-3-5-16;/h1-7,10-11,18-19,23H,8-9,12-15H2;1H. The number of fused-ring (bicyclic) bond motifs is 2. The molecule has 0 radical (unpaired) electrons. The molecule has 0 spiro atoms. The van der Waals surface area contributed by atoms with Crippen molar-refractivity contribution in [3.05, 3.63) is 65.7 Å². The molecule has 0 aliphatic carbocycles. The number of nitrogens with zero attached hydrogens (tertiary/aromatic N) is 1. The second-order valence-corrected chi connectivity index (χ2v) is 7.27. The van der Waals surface area contributed by atoms with Gasteiger partial charge in [-0.05, 0) is 43.5 Å². The minimum atomic E-state index is -0.0228. The number of halogens is 1. The smallest absolute Gasteiger partial charge is 0.260 e. The van der Waals surface area contributed by atoms with Gasteiger partial charge in [-0.25, -0.2) is 0 Å². The normalized spacial score (nSPS) is 20.8. The van der Waals surface area contributed by atoms with Crippen LogP contribution >= 0.6 is 12.4 Å². The summed E-state index contributed by atoms with van der Waals surface area (Å²) < 4.78 is 5.66. The van der Waals surface area contributed by atoms with Crippen molar-refractivity contribution >= 4 is 24.1 Å². The highest BCUT2D eigenvalue weighted by molar-refractivity contribution is 6.08. The lowest BCUT2D eigenvalue weighted by Crippen LogP contribution is -2.41. The third kappa shape index (κ3) is 4.72. The van der Waals surface area contributed by atoms with Crippen LogP contribution in [0.15, 0.2) is 54.6 Å². The molecule has 2 aliphatic heterocycles.